The highest BCUT2D eigenvalue weighted by Gasteiger charge is 2.10. The highest BCUT2D eigenvalue weighted by Crippen LogP contribution is 2.30. The first-order valence-corrected chi connectivity index (χ1v) is 5.54. The SMILES string of the molecule is CCOC(=O)C=Cc1ccc2c(c1)OCCO2. The largest absolute Gasteiger partial charge is 0.486 e. The zero-order chi connectivity index (χ0) is 12.1. The predicted molar refractivity (Wildman–Crippen MR) is 63.1 cm³/mol. The van der Waals surface area contributed by atoms with Gasteiger partial charge >= 0.3 is 5.97 Å². The van der Waals surface area contributed by atoms with Crippen LogP contribution in [0.15, 0.2) is 24.3 Å². The topological polar surface area (TPSA) is 44.8 Å². The smallest absolute Gasteiger partial charge is 0.330 e. The van der Waals surface area contributed by atoms with E-state index in [2.05, 4.69) is 0 Å². The number of rotatable bonds is 3. The molecular formula is C13H14O4. The zero-order valence-corrected chi connectivity index (χ0v) is 9.64. The van der Waals surface area contributed by atoms with E-state index in [1.54, 1.807) is 13.0 Å². The lowest BCUT2D eigenvalue weighted by molar-refractivity contribution is -0.137. The molecule has 0 unspecified atom stereocenters. The number of esters is 1. The Morgan fingerprint density at radius 3 is 2.88 bits per heavy atom. The summed E-state index contributed by atoms with van der Waals surface area (Å²) in [5, 5.41) is 0. The van der Waals surface area contributed by atoms with Gasteiger partial charge in [-0.1, -0.05) is 6.07 Å². The molecule has 90 valence electrons. The molecule has 0 bridgehead atoms. The fraction of sp³-hybridized carbons (Fsp3) is 0.308. The Morgan fingerprint density at radius 2 is 2.12 bits per heavy atom. The summed E-state index contributed by atoms with van der Waals surface area (Å²) in [6.45, 7) is 3.28. The number of fused-ring (bicyclic) bond motifs is 1. The molecule has 0 fully saturated rings. The maximum absolute atomic E-state index is 11.1. The van der Waals surface area contributed by atoms with Crippen molar-refractivity contribution in [2.24, 2.45) is 0 Å². The van der Waals surface area contributed by atoms with Crippen molar-refractivity contribution in [3.8, 4) is 11.5 Å². The van der Waals surface area contributed by atoms with Gasteiger partial charge < -0.3 is 14.2 Å². The maximum Gasteiger partial charge on any atom is 0.330 e. The van der Waals surface area contributed by atoms with Crippen LogP contribution in [0, 0.1) is 0 Å². The molecule has 0 amide bonds. The number of benzene rings is 1. The number of hydrogen-bond acceptors (Lipinski definition) is 4. The molecule has 1 aliphatic rings. The highest BCUT2D eigenvalue weighted by atomic mass is 16.6. The van der Waals surface area contributed by atoms with E-state index in [9.17, 15) is 4.79 Å². The molecule has 1 aromatic carbocycles. The first kappa shape index (κ1) is 11.5. The van der Waals surface area contributed by atoms with Crippen LogP contribution in [-0.4, -0.2) is 25.8 Å². The van der Waals surface area contributed by atoms with Crippen LogP contribution in [0.5, 0.6) is 11.5 Å². The first-order chi connectivity index (χ1) is 8.29. The monoisotopic (exact) mass is 234 g/mol. The molecule has 0 radical (unpaired) electrons. The average molecular weight is 234 g/mol. The van der Waals surface area contributed by atoms with Crippen LogP contribution in [0.25, 0.3) is 6.08 Å². The Morgan fingerprint density at radius 1 is 1.35 bits per heavy atom. The summed E-state index contributed by atoms with van der Waals surface area (Å²) in [5.74, 6) is 1.11. The Bertz CT molecular complexity index is 437. The third kappa shape index (κ3) is 3.00. The van der Waals surface area contributed by atoms with Gasteiger partial charge in [0.2, 0.25) is 0 Å². The summed E-state index contributed by atoms with van der Waals surface area (Å²) in [7, 11) is 0. The van der Waals surface area contributed by atoms with Crippen LogP contribution in [0.1, 0.15) is 12.5 Å². The van der Waals surface area contributed by atoms with Gasteiger partial charge in [0.25, 0.3) is 0 Å². The van der Waals surface area contributed by atoms with E-state index in [-0.39, 0.29) is 5.97 Å². The highest BCUT2D eigenvalue weighted by molar-refractivity contribution is 5.87. The van der Waals surface area contributed by atoms with Gasteiger partial charge in [-0.3, -0.25) is 0 Å². The number of ether oxygens (including phenoxy) is 3. The second-order valence-corrected chi connectivity index (χ2v) is 3.49. The predicted octanol–water partition coefficient (Wildman–Crippen LogP) is 2.03. The summed E-state index contributed by atoms with van der Waals surface area (Å²) in [4.78, 5) is 11.1. The molecule has 0 N–H and O–H groups in total. The molecule has 4 nitrogen and oxygen atoms in total. The van der Waals surface area contributed by atoms with Crippen molar-refractivity contribution in [1.82, 2.24) is 0 Å². The summed E-state index contributed by atoms with van der Waals surface area (Å²) >= 11 is 0. The number of hydrogen-bond donors (Lipinski definition) is 0. The number of carbonyl (C=O) groups excluding carboxylic acids is 1. The molecular weight excluding hydrogens is 220 g/mol. The third-order valence-corrected chi connectivity index (χ3v) is 2.26. The lowest BCUT2D eigenvalue weighted by atomic mass is 10.2. The second-order valence-electron chi connectivity index (χ2n) is 3.49. The van der Waals surface area contributed by atoms with E-state index in [1.165, 1.54) is 6.08 Å². The van der Waals surface area contributed by atoms with Gasteiger partial charge in [0.05, 0.1) is 6.61 Å². The van der Waals surface area contributed by atoms with Crippen molar-refractivity contribution in [2.75, 3.05) is 19.8 Å². The molecule has 0 saturated carbocycles. The molecule has 0 saturated heterocycles. The first-order valence-electron chi connectivity index (χ1n) is 5.54. The van der Waals surface area contributed by atoms with Gasteiger partial charge in [-0.25, -0.2) is 4.79 Å². The van der Waals surface area contributed by atoms with E-state index in [1.807, 2.05) is 18.2 Å². The molecule has 0 aliphatic carbocycles. The van der Waals surface area contributed by atoms with Crippen molar-refractivity contribution in [2.45, 2.75) is 6.92 Å². The molecule has 4 heteroatoms. The molecule has 17 heavy (non-hydrogen) atoms. The van der Waals surface area contributed by atoms with E-state index >= 15 is 0 Å². The number of carbonyl (C=O) groups is 1. The quantitative estimate of drug-likeness (QED) is 0.593. The van der Waals surface area contributed by atoms with Gasteiger partial charge in [0.15, 0.2) is 11.5 Å². The van der Waals surface area contributed by atoms with E-state index < -0.39 is 0 Å². The normalized spacial score (nSPS) is 13.7. The Kier molecular flexibility index (Phi) is 3.65. The van der Waals surface area contributed by atoms with Crippen molar-refractivity contribution < 1.29 is 19.0 Å². The summed E-state index contributed by atoms with van der Waals surface area (Å²) in [6.07, 6.45) is 3.09. The van der Waals surface area contributed by atoms with E-state index in [0.717, 1.165) is 11.3 Å². The van der Waals surface area contributed by atoms with Gasteiger partial charge in [0.1, 0.15) is 13.2 Å². The van der Waals surface area contributed by atoms with Crippen molar-refractivity contribution in [3.63, 3.8) is 0 Å². The van der Waals surface area contributed by atoms with Gasteiger partial charge in [-0.15, -0.1) is 0 Å². The fourth-order valence-electron chi connectivity index (χ4n) is 1.52. The van der Waals surface area contributed by atoms with E-state index in [0.29, 0.717) is 25.6 Å². The molecule has 1 aromatic rings. The van der Waals surface area contributed by atoms with Gasteiger partial charge in [-0.2, -0.15) is 0 Å². The molecule has 0 spiro atoms. The van der Waals surface area contributed by atoms with Crippen LogP contribution in [0.3, 0.4) is 0 Å². The van der Waals surface area contributed by atoms with Gasteiger partial charge in [-0.05, 0) is 30.7 Å². The lowest BCUT2D eigenvalue weighted by Gasteiger charge is -2.18. The van der Waals surface area contributed by atoms with Crippen LogP contribution in [0.2, 0.25) is 0 Å². The minimum absolute atomic E-state index is 0.345. The zero-order valence-electron chi connectivity index (χ0n) is 9.64. The minimum atomic E-state index is -0.345. The van der Waals surface area contributed by atoms with Crippen LogP contribution in [-0.2, 0) is 9.53 Å². The maximum atomic E-state index is 11.1. The van der Waals surface area contributed by atoms with Gasteiger partial charge in [0, 0.05) is 6.08 Å². The standard InChI is InChI=1S/C13H14O4/c1-2-15-13(14)6-4-10-3-5-11-12(9-10)17-8-7-16-11/h3-6,9H,2,7-8H2,1H3. The molecule has 1 heterocycles. The van der Waals surface area contributed by atoms with Crippen molar-refractivity contribution in [1.29, 1.82) is 0 Å². The minimum Gasteiger partial charge on any atom is -0.486 e. The lowest BCUT2D eigenvalue weighted by Crippen LogP contribution is -2.15. The molecule has 2 rings (SSSR count). The summed E-state index contributed by atoms with van der Waals surface area (Å²) in [5.41, 5.74) is 0.877. The molecule has 0 atom stereocenters. The summed E-state index contributed by atoms with van der Waals surface area (Å²) < 4.78 is 15.6. The molecule has 1 aliphatic heterocycles. The van der Waals surface area contributed by atoms with Crippen molar-refractivity contribution in [3.05, 3.63) is 29.8 Å². The van der Waals surface area contributed by atoms with Crippen molar-refractivity contribution >= 4 is 12.0 Å². The Hall–Kier alpha value is -1.97. The fourth-order valence-corrected chi connectivity index (χ4v) is 1.52. The van der Waals surface area contributed by atoms with Crippen LogP contribution >= 0.6 is 0 Å². The molecule has 0 aromatic heterocycles. The second kappa shape index (κ2) is 5.39. The van der Waals surface area contributed by atoms with Crippen LogP contribution < -0.4 is 9.47 Å². The third-order valence-electron chi connectivity index (χ3n) is 2.26. The Balaban J connectivity index is 2.09. The average Bonchev–Trinajstić information content (AvgIpc) is 2.36. The summed E-state index contributed by atoms with van der Waals surface area (Å²) in [6, 6.07) is 5.53. The van der Waals surface area contributed by atoms with E-state index in [4.69, 9.17) is 14.2 Å². The van der Waals surface area contributed by atoms with Crippen LogP contribution in [0.4, 0.5) is 0 Å². The Labute approximate surface area is 99.8 Å².